The average Bonchev–Trinajstić information content (AvgIpc) is 2.46. The van der Waals surface area contributed by atoms with Crippen molar-refractivity contribution in [3.8, 4) is 0 Å². The van der Waals surface area contributed by atoms with Gasteiger partial charge in [-0.15, -0.1) is 0 Å². The van der Waals surface area contributed by atoms with E-state index in [-0.39, 0.29) is 0 Å². The van der Waals surface area contributed by atoms with Crippen LogP contribution in [0.15, 0.2) is 24.3 Å². The molecule has 3 atom stereocenters. The first-order chi connectivity index (χ1) is 9.48. The van der Waals surface area contributed by atoms with Gasteiger partial charge in [0.2, 0.25) is 0 Å². The first-order valence-electron chi connectivity index (χ1n) is 7.81. The molecule has 1 fully saturated rings. The average molecular weight is 276 g/mol. The van der Waals surface area contributed by atoms with Gasteiger partial charge in [-0.05, 0) is 35.8 Å². The molecule has 0 aromatic heterocycles. The smallest absolute Gasteiger partial charge is 0.108 e. The van der Waals surface area contributed by atoms with Gasteiger partial charge in [0, 0.05) is 7.11 Å². The maximum atomic E-state index is 10.8. The van der Waals surface area contributed by atoms with Gasteiger partial charge in [0.1, 0.15) is 6.10 Å². The summed E-state index contributed by atoms with van der Waals surface area (Å²) in [5.74, 6) is 1.14. The Morgan fingerprint density at radius 1 is 1.20 bits per heavy atom. The zero-order chi connectivity index (χ0) is 14.8. The van der Waals surface area contributed by atoms with Crippen LogP contribution in [-0.2, 0) is 4.74 Å². The zero-order valence-corrected chi connectivity index (χ0v) is 13.2. The molecule has 2 rings (SSSR count). The molecule has 0 spiro atoms. The fourth-order valence-electron chi connectivity index (χ4n) is 3.46. The maximum absolute atomic E-state index is 10.8. The van der Waals surface area contributed by atoms with E-state index in [4.69, 9.17) is 4.74 Å². The Labute approximate surface area is 123 Å². The molecule has 1 aliphatic carbocycles. The molecule has 0 amide bonds. The third kappa shape index (κ3) is 3.07. The summed E-state index contributed by atoms with van der Waals surface area (Å²) in [6, 6.07) is 8.36. The van der Waals surface area contributed by atoms with Crippen molar-refractivity contribution in [3.05, 3.63) is 35.4 Å². The SMILES string of the molecule is COC1(C(O)c2ccc(C(C)C)cc2)CCCC(C)C1. The van der Waals surface area contributed by atoms with Gasteiger partial charge in [0.05, 0.1) is 5.60 Å². The van der Waals surface area contributed by atoms with Crippen LogP contribution in [0, 0.1) is 5.92 Å². The standard InChI is InChI=1S/C18H28O2/c1-13(2)15-7-9-16(10-8-15)17(19)18(20-4)11-5-6-14(3)12-18/h7-10,13-14,17,19H,5-6,11-12H2,1-4H3. The Balaban J connectivity index is 2.21. The van der Waals surface area contributed by atoms with E-state index in [1.54, 1.807) is 7.11 Å². The van der Waals surface area contributed by atoms with E-state index in [0.717, 1.165) is 24.8 Å². The molecule has 2 nitrogen and oxygen atoms in total. The molecule has 0 heterocycles. The number of hydrogen-bond donors (Lipinski definition) is 1. The molecule has 1 aliphatic rings. The Bertz CT molecular complexity index is 424. The van der Waals surface area contributed by atoms with Crippen LogP contribution in [0.2, 0.25) is 0 Å². The zero-order valence-electron chi connectivity index (χ0n) is 13.2. The van der Waals surface area contributed by atoms with Gasteiger partial charge in [-0.25, -0.2) is 0 Å². The molecule has 20 heavy (non-hydrogen) atoms. The van der Waals surface area contributed by atoms with Gasteiger partial charge in [0.15, 0.2) is 0 Å². The van der Waals surface area contributed by atoms with Crippen LogP contribution in [0.4, 0.5) is 0 Å². The monoisotopic (exact) mass is 276 g/mol. The Kier molecular flexibility index (Phi) is 4.87. The predicted octanol–water partition coefficient (Wildman–Crippen LogP) is 4.44. The van der Waals surface area contributed by atoms with Crippen molar-refractivity contribution in [2.45, 2.75) is 64.1 Å². The number of benzene rings is 1. The van der Waals surface area contributed by atoms with Gasteiger partial charge < -0.3 is 9.84 Å². The molecule has 2 heteroatoms. The molecule has 3 unspecified atom stereocenters. The van der Waals surface area contributed by atoms with Gasteiger partial charge in [-0.1, -0.05) is 57.9 Å². The lowest BCUT2D eigenvalue weighted by Crippen LogP contribution is -2.42. The summed E-state index contributed by atoms with van der Waals surface area (Å²) < 4.78 is 5.79. The molecule has 1 aromatic carbocycles. The number of aliphatic hydroxyl groups is 1. The molecule has 112 valence electrons. The molecule has 1 aromatic rings. The topological polar surface area (TPSA) is 29.5 Å². The second-order valence-corrected chi connectivity index (χ2v) is 6.69. The van der Waals surface area contributed by atoms with Gasteiger partial charge >= 0.3 is 0 Å². The fraction of sp³-hybridized carbons (Fsp3) is 0.667. The van der Waals surface area contributed by atoms with E-state index >= 15 is 0 Å². The summed E-state index contributed by atoms with van der Waals surface area (Å²) in [5.41, 5.74) is 1.88. The third-order valence-corrected chi connectivity index (χ3v) is 4.81. The lowest BCUT2D eigenvalue weighted by atomic mass is 9.74. The quantitative estimate of drug-likeness (QED) is 0.881. The highest BCUT2D eigenvalue weighted by molar-refractivity contribution is 5.28. The first kappa shape index (κ1) is 15.5. The van der Waals surface area contributed by atoms with Crippen molar-refractivity contribution in [1.29, 1.82) is 0 Å². The van der Waals surface area contributed by atoms with Crippen LogP contribution < -0.4 is 0 Å². The summed E-state index contributed by atoms with van der Waals surface area (Å²) >= 11 is 0. The van der Waals surface area contributed by atoms with E-state index in [2.05, 4.69) is 45.0 Å². The van der Waals surface area contributed by atoms with Crippen LogP contribution in [0.25, 0.3) is 0 Å². The number of hydrogen-bond acceptors (Lipinski definition) is 2. The molecule has 0 radical (unpaired) electrons. The van der Waals surface area contributed by atoms with E-state index in [9.17, 15) is 5.11 Å². The summed E-state index contributed by atoms with van der Waals surface area (Å²) in [7, 11) is 1.74. The molecular weight excluding hydrogens is 248 g/mol. The van der Waals surface area contributed by atoms with Gasteiger partial charge in [0.25, 0.3) is 0 Å². The van der Waals surface area contributed by atoms with E-state index in [0.29, 0.717) is 11.8 Å². The third-order valence-electron chi connectivity index (χ3n) is 4.81. The highest BCUT2D eigenvalue weighted by Gasteiger charge is 2.42. The van der Waals surface area contributed by atoms with Crippen molar-refractivity contribution >= 4 is 0 Å². The van der Waals surface area contributed by atoms with Crippen molar-refractivity contribution in [2.24, 2.45) is 5.92 Å². The molecule has 1 saturated carbocycles. The second kappa shape index (κ2) is 6.28. The number of ether oxygens (including phenoxy) is 1. The van der Waals surface area contributed by atoms with Crippen molar-refractivity contribution in [2.75, 3.05) is 7.11 Å². The fourth-order valence-corrected chi connectivity index (χ4v) is 3.46. The number of methoxy groups -OCH3 is 1. The highest BCUT2D eigenvalue weighted by atomic mass is 16.5. The molecule has 1 N–H and O–H groups in total. The Morgan fingerprint density at radius 2 is 1.80 bits per heavy atom. The number of aliphatic hydroxyl groups excluding tert-OH is 1. The Hall–Kier alpha value is -0.860. The van der Waals surface area contributed by atoms with Gasteiger partial charge in [-0.3, -0.25) is 0 Å². The minimum Gasteiger partial charge on any atom is -0.385 e. The van der Waals surface area contributed by atoms with Crippen LogP contribution in [-0.4, -0.2) is 17.8 Å². The van der Waals surface area contributed by atoms with Crippen molar-refractivity contribution < 1.29 is 9.84 Å². The van der Waals surface area contributed by atoms with Gasteiger partial charge in [-0.2, -0.15) is 0 Å². The van der Waals surface area contributed by atoms with Crippen molar-refractivity contribution in [1.82, 2.24) is 0 Å². The van der Waals surface area contributed by atoms with Crippen molar-refractivity contribution in [3.63, 3.8) is 0 Å². The van der Waals surface area contributed by atoms with E-state index in [1.807, 2.05) is 0 Å². The first-order valence-corrected chi connectivity index (χ1v) is 7.81. The molecule has 0 saturated heterocycles. The molecular formula is C18H28O2. The predicted molar refractivity (Wildman–Crippen MR) is 82.9 cm³/mol. The summed E-state index contributed by atoms with van der Waals surface area (Å²) in [4.78, 5) is 0. The van der Waals surface area contributed by atoms with Crippen LogP contribution in [0.3, 0.4) is 0 Å². The summed E-state index contributed by atoms with van der Waals surface area (Å²) in [6.45, 7) is 6.62. The summed E-state index contributed by atoms with van der Waals surface area (Å²) in [6.07, 6.45) is 3.73. The molecule has 0 bridgehead atoms. The lowest BCUT2D eigenvalue weighted by molar-refractivity contribution is -0.134. The second-order valence-electron chi connectivity index (χ2n) is 6.69. The lowest BCUT2D eigenvalue weighted by Gasteiger charge is -2.42. The summed E-state index contributed by atoms with van der Waals surface area (Å²) in [5, 5.41) is 10.8. The van der Waals surface area contributed by atoms with Crippen LogP contribution in [0.5, 0.6) is 0 Å². The van der Waals surface area contributed by atoms with Crippen LogP contribution >= 0.6 is 0 Å². The van der Waals surface area contributed by atoms with E-state index in [1.165, 1.54) is 12.0 Å². The maximum Gasteiger partial charge on any atom is 0.108 e. The normalized spacial score (nSPS) is 28.6. The van der Waals surface area contributed by atoms with Crippen LogP contribution in [0.1, 0.15) is 69.6 Å². The largest absolute Gasteiger partial charge is 0.385 e. The minimum absolute atomic E-state index is 0.406. The molecule has 0 aliphatic heterocycles. The highest BCUT2D eigenvalue weighted by Crippen LogP contribution is 2.43. The number of rotatable bonds is 4. The minimum atomic E-state index is -0.531. The van der Waals surface area contributed by atoms with E-state index < -0.39 is 11.7 Å². The Morgan fingerprint density at radius 3 is 2.30 bits per heavy atom.